The fraction of sp³-hybridized carbons (Fsp3) is 0.692. The van der Waals surface area contributed by atoms with Gasteiger partial charge in [0.1, 0.15) is 0 Å². The summed E-state index contributed by atoms with van der Waals surface area (Å²) in [5.74, 6) is 1.61. The Bertz CT molecular complexity index is 218. The van der Waals surface area contributed by atoms with Gasteiger partial charge in [-0.1, -0.05) is 44.1 Å². The molecular weight excluding hydrogens is 156 g/mol. The molecular formula is C13H22. The van der Waals surface area contributed by atoms with E-state index >= 15 is 0 Å². The first-order valence-electron chi connectivity index (χ1n) is 5.47. The van der Waals surface area contributed by atoms with Gasteiger partial charge in [-0.05, 0) is 38.0 Å². The summed E-state index contributed by atoms with van der Waals surface area (Å²) >= 11 is 0. The van der Waals surface area contributed by atoms with Crippen LogP contribution in [0.15, 0.2) is 23.3 Å². The third kappa shape index (κ3) is 3.02. The molecule has 0 aromatic carbocycles. The average Bonchev–Trinajstić information content (AvgIpc) is 2.03. The summed E-state index contributed by atoms with van der Waals surface area (Å²) in [6, 6.07) is 0. The van der Waals surface area contributed by atoms with Crippen molar-refractivity contribution >= 4 is 0 Å². The standard InChI is InChI=1S/C13H22/c1-10(2)8-9-13-11(3)6-5-7-12(13)4/h5-6,10,12H,7-9H2,1-4H3. The van der Waals surface area contributed by atoms with Gasteiger partial charge in [0, 0.05) is 0 Å². The van der Waals surface area contributed by atoms with Crippen LogP contribution >= 0.6 is 0 Å². The number of rotatable bonds is 3. The van der Waals surface area contributed by atoms with Gasteiger partial charge in [-0.3, -0.25) is 0 Å². The van der Waals surface area contributed by atoms with E-state index in [1.807, 2.05) is 0 Å². The number of hydrogen-bond acceptors (Lipinski definition) is 0. The molecule has 0 nitrogen and oxygen atoms in total. The lowest BCUT2D eigenvalue weighted by Gasteiger charge is -2.21. The largest absolute Gasteiger partial charge is 0.0837 e. The van der Waals surface area contributed by atoms with E-state index in [4.69, 9.17) is 0 Å². The molecule has 1 unspecified atom stereocenters. The topological polar surface area (TPSA) is 0 Å². The zero-order valence-corrected chi connectivity index (χ0v) is 9.43. The van der Waals surface area contributed by atoms with Crippen LogP contribution in [0.2, 0.25) is 0 Å². The van der Waals surface area contributed by atoms with E-state index < -0.39 is 0 Å². The fourth-order valence-electron chi connectivity index (χ4n) is 1.97. The zero-order chi connectivity index (χ0) is 9.84. The summed E-state index contributed by atoms with van der Waals surface area (Å²) < 4.78 is 0. The molecule has 0 heteroatoms. The molecule has 0 aromatic rings. The van der Waals surface area contributed by atoms with E-state index in [2.05, 4.69) is 39.8 Å². The molecule has 0 spiro atoms. The van der Waals surface area contributed by atoms with Crippen LogP contribution in [0.1, 0.15) is 47.0 Å². The highest BCUT2D eigenvalue weighted by Gasteiger charge is 2.13. The van der Waals surface area contributed by atoms with Gasteiger partial charge in [0.15, 0.2) is 0 Å². The summed E-state index contributed by atoms with van der Waals surface area (Å²) in [6.07, 6.45) is 8.47. The molecule has 1 aliphatic rings. The first-order valence-corrected chi connectivity index (χ1v) is 5.47. The maximum atomic E-state index is 2.35. The molecule has 0 fully saturated rings. The van der Waals surface area contributed by atoms with Gasteiger partial charge < -0.3 is 0 Å². The smallest absolute Gasteiger partial charge is 0.0191 e. The molecule has 0 N–H and O–H groups in total. The Kier molecular flexibility index (Phi) is 3.77. The first kappa shape index (κ1) is 10.6. The predicted molar refractivity (Wildman–Crippen MR) is 59.7 cm³/mol. The van der Waals surface area contributed by atoms with Crippen LogP contribution in [0.5, 0.6) is 0 Å². The number of allylic oxidation sites excluding steroid dienone is 4. The highest BCUT2D eigenvalue weighted by molar-refractivity contribution is 5.29. The predicted octanol–water partition coefficient (Wildman–Crippen LogP) is 4.34. The monoisotopic (exact) mass is 178 g/mol. The molecule has 0 amide bonds. The summed E-state index contributed by atoms with van der Waals surface area (Å²) in [4.78, 5) is 0. The molecule has 0 saturated carbocycles. The second-order valence-electron chi connectivity index (χ2n) is 4.68. The molecule has 1 rings (SSSR count). The number of hydrogen-bond donors (Lipinski definition) is 0. The molecule has 1 atom stereocenters. The van der Waals surface area contributed by atoms with Crippen LogP contribution in [0.4, 0.5) is 0 Å². The summed E-state index contributed by atoms with van der Waals surface area (Å²) in [5.41, 5.74) is 3.20. The van der Waals surface area contributed by atoms with Crippen LogP contribution in [0.25, 0.3) is 0 Å². The molecule has 13 heavy (non-hydrogen) atoms. The van der Waals surface area contributed by atoms with E-state index in [-0.39, 0.29) is 0 Å². The quantitative estimate of drug-likeness (QED) is 0.603. The maximum Gasteiger partial charge on any atom is -0.0191 e. The van der Waals surface area contributed by atoms with Gasteiger partial charge in [0.05, 0.1) is 0 Å². The zero-order valence-electron chi connectivity index (χ0n) is 9.43. The minimum absolute atomic E-state index is 0.781. The molecule has 0 heterocycles. The van der Waals surface area contributed by atoms with Crippen LogP contribution in [-0.4, -0.2) is 0 Å². The molecule has 0 aromatic heterocycles. The molecule has 0 saturated heterocycles. The Labute approximate surface area is 82.7 Å². The second-order valence-corrected chi connectivity index (χ2v) is 4.68. The van der Waals surface area contributed by atoms with Gasteiger partial charge in [-0.15, -0.1) is 0 Å². The van der Waals surface area contributed by atoms with Crippen LogP contribution in [-0.2, 0) is 0 Å². The molecule has 0 radical (unpaired) electrons. The Hall–Kier alpha value is -0.520. The highest BCUT2D eigenvalue weighted by atomic mass is 14.2. The molecule has 74 valence electrons. The third-order valence-corrected chi connectivity index (χ3v) is 2.95. The van der Waals surface area contributed by atoms with E-state index in [0.29, 0.717) is 0 Å². The minimum atomic E-state index is 0.781. The van der Waals surface area contributed by atoms with E-state index in [1.165, 1.54) is 24.8 Å². The Morgan fingerprint density at radius 3 is 2.69 bits per heavy atom. The third-order valence-electron chi connectivity index (χ3n) is 2.95. The Morgan fingerprint density at radius 1 is 1.46 bits per heavy atom. The lowest BCUT2D eigenvalue weighted by molar-refractivity contribution is 0.543. The van der Waals surface area contributed by atoms with Gasteiger partial charge in [-0.25, -0.2) is 0 Å². The summed E-state index contributed by atoms with van der Waals surface area (Å²) in [7, 11) is 0. The summed E-state index contributed by atoms with van der Waals surface area (Å²) in [5, 5.41) is 0. The SMILES string of the molecule is CC1=C(CCC(C)C)C(C)CC=C1. The van der Waals surface area contributed by atoms with Crippen LogP contribution in [0, 0.1) is 11.8 Å². The van der Waals surface area contributed by atoms with Crippen LogP contribution < -0.4 is 0 Å². The van der Waals surface area contributed by atoms with Crippen molar-refractivity contribution in [3.63, 3.8) is 0 Å². The van der Waals surface area contributed by atoms with Crippen molar-refractivity contribution in [2.75, 3.05) is 0 Å². The normalized spacial score (nSPS) is 23.0. The Balaban J connectivity index is 2.58. The lowest BCUT2D eigenvalue weighted by Crippen LogP contribution is -2.05. The van der Waals surface area contributed by atoms with Gasteiger partial charge in [0.25, 0.3) is 0 Å². The van der Waals surface area contributed by atoms with Gasteiger partial charge >= 0.3 is 0 Å². The Morgan fingerprint density at radius 2 is 2.15 bits per heavy atom. The van der Waals surface area contributed by atoms with Crippen molar-refractivity contribution in [2.24, 2.45) is 11.8 Å². The maximum absolute atomic E-state index is 2.35. The molecule has 0 aliphatic heterocycles. The summed E-state index contributed by atoms with van der Waals surface area (Å²) in [6.45, 7) is 9.21. The minimum Gasteiger partial charge on any atom is -0.0837 e. The average molecular weight is 178 g/mol. The van der Waals surface area contributed by atoms with E-state index in [1.54, 1.807) is 5.57 Å². The van der Waals surface area contributed by atoms with Crippen molar-refractivity contribution < 1.29 is 0 Å². The van der Waals surface area contributed by atoms with E-state index in [9.17, 15) is 0 Å². The van der Waals surface area contributed by atoms with Crippen molar-refractivity contribution in [1.29, 1.82) is 0 Å². The fourth-order valence-corrected chi connectivity index (χ4v) is 1.97. The van der Waals surface area contributed by atoms with Crippen molar-refractivity contribution in [2.45, 2.75) is 47.0 Å². The van der Waals surface area contributed by atoms with Crippen LogP contribution in [0.3, 0.4) is 0 Å². The lowest BCUT2D eigenvalue weighted by atomic mass is 9.85. The van der Waals surface area contributed by atoms with Crippen molar-refractivity contribution in [3.05, 3.63) is 23.3 Å². The highest BCUT2D eigenvalue weighted by Crippen LogP contribution is 2.29. The molecule has 0 bridgehead atoms. The second kappa shape index (κ2) is 4.64. The van der Waals surface area contributed by atoms with E-state index in [0.717, 1.165) is 11.8 Å². The first-order chi connectivity index (χ1) is 6.11. The van der Waals surface area contributed by atoms with Crippen molar-refractivity contribution in [3.8, 4) is 0 Å². The van der Waals surface area contributed by atoms with Crippen molar-refractivity contribution in [1.82, 2.24) is 0 Å². The molecule has 1 aliphatic carbocycles. The van der Waals surface area contributed by atoms with Gasteiger partial charge in [0.2, 0.25) is 0 Å². The van der Waals surface area contributed by atoms with Gasteiger partial charge in [-0.2, -0.15) is 0 Å².